The van der Waals surface area contributed by atoms with Crippen LogP contribution in [0.3, 0.4) is 0 Å². The second kappa shape index (κ2) is 5.14. The van der Waals surface area contributed by atoms with Crippen molar-refractivity contribution in [2.45, 2.75) is 44.3 Å². The Morgan fingerprint density at radius 1 is 1.20 bits per heavy atom. The van der Waals surface area contributed by atoms with Crippen LogP contribution in [0.1, 0.15) is 32.1 Å². The van der Waals surface area contributed by atoms with Crippen LogP contribution >= 0.6 is 0 Å². The zero-order valence-corrected chi connectivity index (χ0v) is 11.2. The van der Waals surface area contributed by atoms with E-state index in [2.05, 4.69) is 5.43 Å². The lowest BCUT2D eigenvalue weighted by molar-refractivity contribution is -0.143. The van der Waals surface area contributed by atoms with Gasteiger partial charge in [-0.3, -0.25) is 24.7 Å². The highest BCUT2D eigenvalue weighted by Crippen LogP contribution is 2.40. The van der Waals surface area contributed by atoms with Crippen LogP contribution in [0.15, 0.2) is 0 Å². The monoisotopic (exact) mass is 281 g/mol. The Morgan fingerprint density at radius 3 is 2.45 bits per heavy atom. The zero-order valence-electron chi connectivity index (χ0n) is 11.2. The number of fused-ring (bicyclic) bond motifs is 1. The van der Waals surface area contributed by atoms with Crippen molar-refractivity contribution >= 4 is 17.7 Å². The van der Waals surface area contributed by atoms with E-state index in [-0.39, 0.29) is 42.2 Å². The fourth-order valence-electron chi connectivity index (χ4n) is 3.57. The average Bonchev–Trinajstić information content (AvgIpc) is 3.14. The lowest BCUT2D eigenvalue weighted by Gasteiger charge is -2.20. The molecule has 0 aromatic heterocycles. The molecule has 3 rings (SSSR count). The Balaban J connectivity index is 1.61. The molecule has 0 aromatic rings. The number of hydrazine groups is 1. The third-order valence-corrected chi connectivity index (χ3v) is 4.61. The largest absolute Gasteiger partial charge is 0.363 e. The minimum Gasteiger partial charge on any atom is -0.363 e. The molecule has 7 nitrogen and oxygen atoms in total. The topological polar surface area (TPSA) is 102 Å². The Labute approximate surface area is 116 Å². The highest BCUT2D eigenvalue weighted by Gasteiger charge is 2.50. The number of hydrogen-bond donors (Lipinski definition) is 2. The van der Waals surface area contributed by atoms with Crippen LogP contribution in [0.4, 0.5) is 0 Å². The highest BCUT2D eigenvalue weighted by atomic mass is 16.5. The van der Waals surface area contributed by atoms with Gasteiger partial charge in [0.1, 0.15) is 6.10 Å². The molecule has 0 spiro atoms. The van der Waals surface area contributed by atoms with Crippen molar-refractivity contribution in [3.05, 3.63) is 0 Å². The van der Waals surface area contributed by atoms with E-state index in [1.54, 1.807) is 0 Å². The molecule has 3 fully saturated rings. The number of imide groups is 1. The van der Waals surface area contributed by atoms with Gasteiger partial charge in [-0.25, -0.2) is 5.84 Å². The van der Waals surface area contributed by atoms with E-state index in [9.17, 15) is 14.4 Å². The Kier molecular flexibility index (Phi) is 3.47. The summed E-state index contributed by atoms with van der Waals surface area (Å²) < 4.78 is 5.56. The van der Waals surface area contributed by atoms with Crippen molar-refractivity contribution < 1.29 is 19.1 Å². The third-order valence-electron chi connectivity index (χ3n) is 4.61. The van der Waals surface area contributed by atoms with Crippen molar-refractivity contribution in [1.82, 2.24) is 10.3 Å². The summed E-state index contributed by atoms with van der Waals surface area (Å²) in [5.41, 5.74) is 2.06. The highest BCUT2D eigenvalue weighted by molar-refractivity contribution is 6.05. The minimum absolute atomic E-state index is 0.0622. The number of carbonyl (C=O) groups excluding carboxylic acids is 3. The summed E-state index contributed by atoms with van der Waals surface area (Å²) in [7, 11) is 0. The first-order chi connectivity index (χ1) is 9.61. The van der Waals surface area contributed by atoms with E-state index in [1.165, 1.54) is 4.90 Å². The maximum Gasteiger partial charge on any atom is 0.263 e. The maximum atomic E-state index is 12.2. The molecule has 2 heterocycles. The quantitative estimate of drug-likeness (QED) is 0.308. The molecule has 3 N–H and O–H groups in total. The molecular formula is C13H19N3O4. The van der Waals surface area contributed by atoms with Crippen LogP contribution in [-0.4, -0.2) is 41.4 Å². The van der Waals surface area contributed by atoms with Crippen molar-refractivity contribution in [2.24, 2.45) is 17.7 Å². The number of ether oxygens (including phenoxy) is 1. The number of hydrogen-bond acceptors (Lipinski definition) is 5. The number of amides is 3. The molecule has 20 heavy (non-hydrogen) atoms. The molecule has 0 aromatic carbocycles. The van der Waals surface area contributed by atoms with Gasteiger partial charge in [0.2, 0.25) is 11.8 Å². The summed E-state index contributed by atoms with van der Waals surface area (Å²) in [6.45, 7) is 0.263. The van der Waals surface area contributed by atoms with Gasteiger partial charge in [-0.2, -0.15) is 0 Å². The second-order valence-electron chi connectivity index (χ2n) is 5.76. The first kappa shape index (κ1) is 13.5. The van der Waals surface area contributed by atoms with Gasteiger partial charge in [-0.15, -0.1) is 0 Å². The first-order valence-corrected chi connectivity index (χ1v) is 7.13. The lowest BCUT2D eigenvalue weighted by atomic mass is 10.00. The van der Waals surface area contributed by atoms with Crippen molar-refractivity contribution in [3.63, 3.8) is 0 Å². The summed E-state index contributed by atoms with van der Waals surface area (Å²) in [5.74, 6) is 4.35. The molecule has 2 saturated heterocycles. The van der Waals surface area contributed by atoms with E-state index in [0.29, 0.717) is 12.8 Å². The second-order valence-corrected chi connectivity index (χ2v) is 5.76. The zero-order chi connectivity index (χ0) is 14.3. The van der Waals surface area contributed by atoms with E-state index < -0.39 is 6.10 Å². The summed E-state index contributed by atoms with van der Waals surface area (Å²) in [6, 6.07) is 0. The summed E-state index contributed by atoms with van der Waals surface area (Å²) in [6.07, 6.45) is 2.98. The molecule has 7 heteroatoms. The van der Waals surface area contributed by atoms with Crippen LogP contribution < -0.4 is 11.3 Å². The number of nitrogens with two attached hydrogens (primary N) is 1. The Hall–Kier alpha value is -1.47. The molecule has 4 atom stereocenters. The molecule has 0 bridgehead atoms. The Bertz CT molecular complexity index is 431. The van der Waals surface area contributed by atoms with Gasteiger partial charge in [0, 0.05) is 0 Å². The standard InChI is InChI=1S/C13H19N3O4/c14-15-11(17)10-5-4-7(20-10)6-16-12(18)8-2-1-3-9(8)13(16)19/h7-10H,1-6,14H2,(H,15,17). The van der Waals surface area contributed by atoms with Crippen LogP contribution in [0, 0.1) is 11.8 Å². The third kappa shape index (κ3) is 2.10. The van der Waals surface area contributed by atoms with Crippen molar-refractivity contribution in [1.29, 1.82) is 0 Å². The van der Waals surface area contributed by atoms with Crippen LogP contribution in [0.2, 0.25) is 0 Å². The molecule has 3 amide bonds. The summed E-state index contributed by atoms with van der Waals surface area (Å²) in [4.78, 5) is 37.1. The van der Waals surface area contributed by atoms with Gasteiger partial charge in [0.05, 0.1) is 24.5 Å². The normalized spacial score (nSPS) is 36.5. The van der Waals surface area contributed by atoms with Gasteiger partial charge in [-0.05, 0) is 25.7 Å². The molecule has 2 aliphatic heterocycles. The van der Waals surface area contributed by atoms with Gasteiger partial charge in [-0.1, -0.05) is 6.42 Å². The van der Waals surface area contributed by atoms with Crippen LogP contribution in [0.25, 0.3) is 0 Å². The summed E-state index contributed by atoms with van der Waals surface area (Å²) in [5, 5.41) is 0. The average molecular weight is 281 g/mol. The molecule has 110 valence electrons. The number of carbonyl (C=O) groups is 3. The molecule has 0 radical (unpaired) electrons. The predicted molar refractivity (Wildman–Crippen MR) is 67.8 cm³/mol. The van der Waals surface area contributed by atoms with Gasteiger partial charge in [0.25, 0.3) is 5.91 Å². The van der Waals surface area contributed by atoms with Gasteiger partial charge < -0.3 is 4.74 Å². The van der Waals surface area contributed by atoms with Crippen molar-refractivity contribution in [3.8, 4) is 0 Å². The van der Waals surface area contributed by atoms with E-state index in [4.69, 9.17) is 10.6 Å². The maximum absolute atomic E-state index is 12.2. The first-order valence-electron chi connectivity index (χ1n) is 7.13. The number of nitrogens with one attached hydrogen (secondary N) is 1. The molecular weight excluding hydrogens is 262 g/mol. The molecule has 1 saturated carbocycles. The number of rotatable bonds is 3. The lowest BCUT2D eigenvalue weighted by Crippen LogP contribution is -2.41. The van der Waals surface area contributed by atoms with Crippen molar-refractivity contribution in [2.75, 3.05) is 6.54 Å². The van der Waals surface area contributed by atoms with Gasteiger partial charge >= 0.3 is 0 Å². The summed E-state index contributed by atoms with van der Waals surface area (Å²) >= 11 is 0. The van der Waals surface area contributed by atoms with E-state index in [1.807, 2.05) is 0 Å². The van der Waals surface area contributed by atoms with Crippen LogP contribution in [-0.2, 0) is 19.1 Å². The molecule has 4 unspecified atom stereocenters. The minimum atomic E-state index is -0.572. The van der Waals surface area contributed by atoms with E-state index >= 15 is 0 Å². The van der Waals surface area contributed by atoms with Crippen LogP contribution in [0.5, 0.6) is 0 Å². The molecule has 1 aliphatic carbocycles. The van der Waals surface area contributed by atoms with Gasteiger partial charge in [0.15, 0.2) is 0 Å². The SMILES string of the molecule is NNC(=O)C1CCC(CN2C(=O)C3CCCC3C2=O)O1. The molecule has 3 aliphatic rings. The predicted octanol–water partition coefficient (Wildman–Crippen LogP) is -0.691. The van der Waals surface area contributed by atoms with E-state index in [0.717, 1.165) is 19.3 Å². The number of likely N-dealkylation sites (tertiary alicyclic amines) is 1. The Morgan fingerprint density at radius 2 is 1.85 bits per heavy atom. The fraction of sp³-hybridized carbons (Fsp3) is 0.769. The fourth-order valence-corrected chi connectivity index (χ4v) is 3.57. The smallest absolute Gasteiger partial charge is 0.263 e. The number of nitrogens with zero attached hydrogens (tertiary/aromatic N) is 1.